The van der Waals surface area contributed by atoms with Gasteiger partial charge in [0.1, 0.15) is 23.5 Å². The van der Waals surface area contributed by atoms with E-state index >= 15 is 0 Å². The molecule has 186 valence electrons. The lowest BCUT2D eigenvalue weighted by molar-refractivity contribution is -0.140. The molecule has 0 fully saturated rings. The highest BCUT2D eigenvalue weighted by atomic mass is 19.4. The Morgan fingerprint density at radius 1 is 1.11 bits per heavy atom. The minimum atomic E-state index is -4.47. The molecule has 0 saturated heterocycles. The van der Waals surface area contributed by atoms with Crippen LogP contribution in [0.1, 0.15) is 24.7 Å². The summed E-state index contributed by atoms with van der Waals surface area (Å²) in [5.41, 5.74) is 0.997. The summed E-state index contributed by atoms with van der Waals surface area (Å²) >= 11 is 0. The van der Waals surface area contributed by atoms with Crippen molar-refractivity contribution >= 4 is 23.0 Å². The zero-order valence-electron chi connectivity index (χ0n) is 18.9. The SMILES string of the molecule is O=C1COc2ccccc2-c2nc(nc3c2ncn3CC(F)(F)F)C(Nc2ncccn2)CCCN1. The Hall–Kier alpha value is -4.29. The first kappa shape index (κ1) is 23.5. The van der Waals surface area contributed by atoms with Gasteiger partial charge in [0.2, 0.25) is 5.95 Å². The van der Waals surface area contributed by atoms with Gasteiger partial charge in [-0.2, -0.15) is 13.2 Å². The smallest absolute Gasteiger partial charge is 0.406 e. The van der Waals surface area contributed by atoms with Gasteiger partial charge in [0.15, 0.2) is 18.1 Å². The molecule has 0 radical (unpaired) electrons. The number of nitrogens with one attached hydrogen (secondary N) is 2. The van der Waals surface area contributed by atoms with E-state index in [0.717, 1.165) is 10.9 Å². The standard InChI is InChI=1S/C23H21F3N8O2/c24-23(25,26)12-34-13-30-19-18-14-5-1-2-7-16(14)36-11-17(35)27-8-3-6-15(20(32-18)33-21(19)34)31-22-28-9-4-10-29-22/h1-2,4-5,7,9-10,13,15H,3,6,8,11-12H2,(H,27,35)(H,28,29,31). The second kappa shape index (κ2) is 9.76. The summed E-state index contributed by atoms with van der Waals surface area (Å²) in [6, 6.07) is 7.95. The molecule has 4 aromatic rings. The minimum Gasteiger partial charge on any atom is -0.483 e. The molecule has 0 aliphatic carbocycles. The molecule has 0 saturated carbocycles. The van der Waals surface area contributed by atoms with E-state index in [1.165, 1.54) is 0 Å². The van der Waals surface area contributed by atoms with Gasteiger partial charge in [-0.05, 0) is 31.0 Å². The number of para-hydroxylation sites is 1. The number of imidazole rings is 1. The highest BCUT2D eigenvalue weighted by Crippen LogP contribution is 2.35. The molecule has 1 atom stereocenters. The van der Waals surface area contributed by atoms with Crippen molar-refractivity contribution in [1.29, 1.82) is 0 Å². The molecule has 36 heavy (non-hydrogen) atoms. The number of hydrogen-bond acceptors (Lipinski definition) is 8. The lowest BCUT2D eigenvalue weighted by atomic mass is 10.1. The maximum Gasteiger partial charge on any atom is 0.406 e. The van der Waals surface area contributed by atoms with Crippen LogP contribution in [0.15, 0.2) is 49.1 Å². The number of nitrogens with zero attached hydrogens (tertiary/aromatic N) is 6. The molecule has 1 aliphatic heterocycles. The number of benzene rings is 1. The van der Waals surface area contributed by atoms with Crippen LogP contribution in [0.2, 0.25) is 0 Å². The van der Waals surface area contributed by atoms with Crippen LogP contribution in [0.25, 0.3) is 22.4 Å². The third kappa shape index (κ3) is 5.19. The predicted molar refractivity (Wildman–Crippen MR) is 123 cm³/mol. The van der Waals surface area contributed by atoms with Crippen LogP contribution in [0.5, 0.6) is 5.75 Å². The Morgan fingerprint density at radius 3 is 2.72 bits per heavy atom. The Morgan fingerprint density at radius 2 is 1.92 bits per heavy atom. The first-order valence-corrected chi connectivity index (χ1v) is 11.2. The largest absolute Gasteiger partial charge is 0.483 e. The normalized spacial score (nSPS) is 16.6. The molecule has 2 bridgehead atoms. The van der Waals surface area contributed by atoms with E-state index in [4.69, 9.17) is 9.72 Å². The Kier molecular flexibility index (Phi) is 6.36. The first-order chi connectivity index (χ1) is 17.4. The summed E-state index contributed by atoms with van der Waals surface area (Å²) < 4.78 is 46.6. The molecule has 0 spiro atoms. The van der Waals surface area contributed by atoms with Crippen LogP contribution in [0.3, 0.4) is 0 Å². The molecule has 1 aromatic carbocycles. The van der Waals surface area contributed by atoms with Crippen LogP contribution >= 0.6 is 0 Å². The molecule has 1 unspecified atom stereocenters. The average Bonchev–Trinajstić information content (AvgIpc) is 3.25. The molecule has 13 heteroatoms. The summed E-state index contributed by atoms with van der Waals surface area (Å²) in [6.07, 6.45) is 0.734. The lowest BCUT2D eigenvalue weighted by Crippen LogP contribution is -2.30. The summed E-state index contributed by atoms with van der Waals surface area (Å²) in [4.78, 5) is 34.1. The average molecular weight is 498 g/mol. The second-order valence-electron chi connectivity index (χ2n) is 8.14. The number of halogens is 3. The van der Waals surface area contributed by atoms with Gasteiger partial charge in [0.05, 0.1) is 12.4 Å². The number of anilines is 1. The van der Waals surface area contributed by atoms with Crippen LogP contribution in [-0.4, -0.2) is 54.7 Å². The predicted octanol–water partition coefficient (Wildman–Crippen LogP) is 3.29. The maximum atomic E-state index is 13.3. The lowest BCUT2D eigenvalue weighted by Gasteiger charge is -2.19. The molecule has 4 heterocycles. The van der Waals surface area contributed by atoms with Crippen molar-refractivity contribution in [2.75, 3.05) is 18.5 Å². The molecular weight excluding hydrogens is 477 g/mol. The number of ether oxygens (including phenoxy) is 1. The van der Waals surface area contributed by atoms with Gasteiger partial charge in [0.25, 0.3) is 5.91 Å². The van der Waals surface area contributed by atoms with Crippen molar-refractivity contribution in [2.24, 2.45) is 0 Å². The maximum absolute atomic E-state index is 13.3. The van der Waals surface area contributed by atoms with Crippen LogP contribution < -0.4 is 15.4 Å². The number of hydrogen-bond donors (Lipinski definition) is 2. The highest BCUT2D eigenvalue weighted by Gasteiger charge is 2.30. The fourth-order valence-corrected chi connectivity index (χ4v) is 3.93. The molecule has 2 N–H and O–H groups in total. The van der Waals surface area contributed by atoms with Crippen LogP contribution in [0.4, 0.5) is 19.1 Å². The van der Waals surface area contributed by atoms with E-state index in [0.29, 0.717) is 42.3 Å². The van der Waals surface area contributed by atoms with E-state index in [1.54, 1.807) is 42.7 Å². The number of carbonyl (C=O) groups excluding carboxylic acids is 1. The minimum absolute atomic E-state index is 0.0342. The fourth-order valence-electron chi connectivity index (χ4n) is 3.93. The molecule has 1 aliphatic rings. The van der Waals surface area contributed by atoms with Gasteiger partial charge in [-0.25, -0.2) is 24.9 Å². The molecular formula is C23H21F3N8O2. The topological polar surface area (TPSA) is 120 Å². The van der Waals surface area contributed by atoms with Crippen LogP contribution in [0, 0.1) is 0 Å². The number of amides is 1. The number of alkyl halides is 3. The third-order valence-corrected chi connectivity index (χ3v) is 5.50. The number of fused-ring (bicyclic) bond motifs is 6. The summed E-state index contributed by atoms with van der Waals surface area (Å²) in [6.45, 7) is -1.12. The van der Waals surface area contributed by atoms with E-state index in [2.05, 4.69) is 30.6 Å². The van der Waals surface area contributed by atoms with Crippen molar-refractivity contribution in [2.45, 2.75) is 31.6 Å². The monoisotopic (exact) mass is 498 g/mol. The molecule has 1 amide bonds. The highest BCUT2D eigenvalue weighted by molar-refractivity contribution is 5.89. The van der Waals surface area contributed by atoms with Crippen molar-refractivity contribution in [3.8, 4) is 17.0 Å². The van der Waals surface area contributed by atoms with Gasteiger partial charge in [-0.15, -0.1) is 0 Å². The third-order valence-electron chi connectivity index (χ3n) is 5.50. The van der Waals surface area contributed by atoms with Crippen molar-refractivity contribution in [3.05, 3.63) is 54.9 Å². The van der Waals surface area contributed by atoms with E-state index < -0.39 is 18.8 Å². The quantitative estimate of drug-likeness (QED) is 0.442. The summed E-state index contributed by atoms with van der Waals surface area (Å²) in [7, 11) is 0. The molecule has 10 nitrogen and oxygen atoms in total. The Balaban J connectivity index is 1.70. The van der Waals surface area contributed by atoms with Gasteiger partial charge in [-0.3, -0.25) is 4.79 Å². The summed E-state index contributed by atoms with van der Waals surface area (Å²) in [5, 5.41) is 5.97. The zero-order valence-corrected chi connectivity index (χ0v) is 18.9. The van der Waals surface area contributed by atoms with Gasteiger partial charge < -0.3 is 19.9 Å². The molecule has 3 aromatic heterocycles. The van der Waals surface area contributed by atoms with Gasteiger partial charge in [0, 0.05) is 24.5 Å². The van der Waals surface area contributed by atoms with E-state index in [1.807, 2.05) is 0 Å². The summed E-state index contributed by atoms with van der Waals surface area (Å²) in [5.74, 6) is 0.611. The number of carbonyl (C=O) groups is 1. The Bertz CT molecular complexity index is 1380. The second-order valence-corrected chi connectivity index (χ2v) is 8.14. The van der Waals surface area contributed by atoms with Crippen molar-refractivity contribution in [3.63, 3.8) is 0 Å². The van der Waals surface area contributed by atoms with Gasteiger partial charge in [-0.1, -0.05) is 12.1 Å². The van der Waals surface area contributed by atoms with E-state index in [-0.39, 0.29) is 29.5 Å². The fraction of sp³-hybridized carbons (Fsp3) is 0.304. The first-order valence-electron chi connectivity index (χ1n) is 11.2. The molecule has 5 rings (SSSR count). The van der Waals surface area contributed by atoms with E-state index in [9.17, 15) is 18.0 Å². The number of aromatic nitrogens is 6. The number of rotatable bonds is 3. The van der Waals surface area contributed by atoms with Crippen molar-refractivity contribution < 1.29 is 22.7 Å². The van der Waals surface area contributed by atoms with Gasteiger partial charge >= 0.3 is 6.18 Å². The Labute approximate surface area is 203 Å². The van der Waals surface area contributed by atoms with Crippen molar-refractivity contribution in [1.82, 2.24) is 34.8 Å². The van der Waals surface area contributed by atoms with Crippen LogP contribution in [-0.2, 0) is 11.3 Å². The zero-order chi connectivity index (χ0) is 25.1.